The van der Waals surface area contributed by atoms with Crippen molar-refractivity contribution in [2.45, 2.75) is 25.7 Å². The highest BCUT2D eigenvalue weighted by Crippen LogP contribution is 2.17. The lowest BCUT2D eigenvalue weighted by Gasteiger charge is -2.22. The van der Waals surface area contributed by atoms with E-state index in [4.69, 9.17) is 0 Å². The molecular formula is C15H27N3O. The average Bonchev–Trinajstić information content (AvgIpc) is 2.86. The number of hydrogen-bond donors (Lipinski definition) is 2. The molecule has 0 aromatic heterocycles. The van der Waals surface area contributed by atoms with E-state index in [0.717, 1.165) is 52.1 Å². The molecule has 2 N–H and O–H groups in total. The molecule has 108 valence electrons. The van der Waals surface area contributed by atoms with Crippen LogP contribution in [0.3, 0.4) is 0 Å². The van der Waals surface area contributed by atoms with Gasteiger partial charge >= 0.3 is 0 Å². The third-order valence-electron chi connectivity index (χ3n) is 4.28. The average molecular weight is 265 g/mol. The second-order valence-electron chi connectivity index (χ2n) is 5.90. The van der Waals surface area contributed by atoms with E-state index in [1.165, 1.54) is 6.42 Å². The molecule has 0 aliphatic carbocycles. The molecule has 4 nitrogen and oxygen atoms in total. The summed E-state index contributed by atoms with van der Waals surface area (Å²) >= 11 is 0. The van der Waals surface area contributed by atoms with E-state index in [1.54, 1.807) is 0 Å². The summed E-state index contributed by atoms with van der Waals surface area (Å²) in [6.07, 6.45) is 6.15. The van der Waals surface area contributed by atoms with E-state index in [-0.39, 0.29) is 5.91 Å². The molecule has 4 heteroatoms. The summed E-state index contributed by atoms with van der Waals surface area (Å²) in [6, 6.07) is 0. The van der Waals surface area contributed by atoms with Crippen LogP contribution in [0.5, 0.6) is 0 Å². The lowest BCUT2D eigenvalue weighted by atomic mass is 9.94. The number of piperidine rings is 1. The van der Waals surface area contributed by atoms with Gasteiger partial charge in [0.25, 0.3) is 0 Å². The first kappa shape index (κ1) is 14.5. The predicted octanol–water partition coefficient (Wildman–Crippen LogP) is 1.00. The van der Waals surface area contributed by atoms with E-state index < -0.39 is 0 Å². The minimum Gasteiger partial charge on any atom is -0.356 e. The second-order valence-corrected chi connectivity index (χ2v) is 5.90. The number of nitrogens with zero attached hydrogens (tertiary/aromatic N) is 1. The minimum absolute atomic E-state index is 0.245. The zero-order chi connectivity index (χ0) is 13.5. The Hall–Kier alpha value is -0.870. The highest BCUT2D eigenvalue weighted by atomic mass is 16.1. The Kier molecular flexibility index (Phi) is 5.86. The van der Waals surface area contributed by atoms with Crippen molar-refractivity contribution >= 4 is 5.91 Å². The topological polar surface area (TPSA) is 44.4 Å². The van der Waals surface area contributed by atoms with Crippen LogP contribution in [-0.4, -0.2) is 50.1 Å². The third-order valence-corrected chi connectivity index (χ3v) is 4.28. The molecule has 0 spiro atoms. The first-order valence-electron chi connectivity index (χ1n) is 7.58. The van der Waals surface area contributed by atoms with E-state index in [9.17, 15) is 4.79 Å². The summed E-state index contributed by atoms with van der Waals surface area (Å²) in [5.74, 6) is 1.45. The summed E-state index contributed by atoms with van der Waals surface area (Å²) < 4.78 is 0. The van der Waals surface area contributed by atoms with Gasteiger partial charge in [0.05, 0.1) is 0 Å². The number of amides is 1. The van der Waals surface area contributed by atoms with Crippen LogP contribution in [0.2, 0.25) is 0 Å². The zero-order valence-corrected chi connectivity index (χ0v) is 11.9. The van der Waals surface area contributed by atoms with E-state index in [1.807, 2.05) is 6.08 Å². The maximum atomic E-state index is 11.9. The minimum atomic E-state index is 0.245. The maximum absolute atomic E-state index is 11.9. The van der Waals surface area contributed by atoms with Gasteiger partial charge in [0.2, 0.25) is 5.91 Å². The zero-order valence-electron chi connectivity index (χ0n) is 11.9. The van der Waals surface area contributed by atoms with Crippen molar-refractivity contribution in [2.24, 2.45) is 11.8 Å². The SMILES string of the molecule is C=CCN1CCC(CNC(=O)CC2CCNCC2)C1. The van der Waals surface area contributed by atoms with Gasteiger partial charge in [0.1, 0.15) is 0 Å². The summed E-state index contributed by atoms with van der Waals surface area (Å²) in [5, 5.41) is 6.46. The number of rotatable bonds is 6. The molecule has 2 fully saturated rings. The Morgan fingerprint density at radius 3 is 2.84 bits per heavy atom. The van der Waals surface area contributed by atoms with Crippen molar-refractivity contribution in [3.05, 3.63) is 12.7 Å². The predicted molar refractivity (Wildman–Crippen MR) is 78.0 cm³/mol. The molecule has 2 rings (SSSR count). The summed E-state index contributed by atoms with van der Waals surface area (Å²) in [6.45, 7) is 9.96. The molecular weight excluding hydrogens is 238 g/mol. The number of carbonyl (C=O) groups is 1. The van der Waals surface area contributed by atoms with E-state index >= 15 is 0 Å². The molecule has 0 aromatic carbocycles. The van der Waals surface area contributed by atoms with Crippen LogP contribution in [0.15, 0.2) is 12.7 Å². The molecule has 2 saturated heterocycles. The van der Waals surface area contributed by atoms with E-state index in [2.05, 4.69) is 22.1 Å². The van der Waals surface area contributed by atoms with Crippen LogP contribution in [0.1, 0.15) is 25.7 Å². The fraction of sp³-hybridized carbons (Fsp3) is 0.800. The van der Waals surface area contributed by atoms with Gasteiger partial charge in [-0.05, 0) is 50.7 Å². The molecule has 0 bridgehead atoms. The summed E-state index contributed by atoms with van der Waals surface area (Å²) in [5.41, 5.74) is 0. The van der Waals surface area contributed by atoms with Crippen molar-refractivity contribution < 1.29 is 4.79 Å². The molecule has 2 aliphatic heterocycles. The van der Waals surface area contributed by atoms with Crippen LogP contribution in [-0.2, 0) is 4.79 Å². The van der Waals surface area contributed by atoms with Gasteiger partial charge in [-0.3, -0.25) is 9.69 Å². The molecule has 1 amide bonds. The van der Waals surface area contributed by atoms with Crippen LogP contribution in [0.4, 0.5) is 0 Å². The van der Waals surface area contributed by atoms with Crippen molar-refractivity contribution in [3.8, 4) is 0 Å². The number of hydrogen-bond acceptors (Lipinski definition) is 3. The standard InChI is InChI=1S/C15H27N3O/c1-2-8-18-9-5-14(12-18)11-17-15(19)10-13-3-6-16-7-4-13/h2,13-14,16H,1,3-12H2,(H,17,19). The van der Waals surface area contributed by atoms with Crippen molar-refractivity contribution in [2.75, 3.05) is 39.3 Å². The van der Waals surface area contributed by atoms with Gasteiger partial charge in [-0.15, -0.1) is 6.58 Å². The number of carbonyl (C=O) groups excluding carboxylic acids is 1. The quantitative estimate of drug-likeness (QED) is 0.704. The van der Waals surface area contributed by atoms with Gasteiger partial charge in [0.15, 0.2) is 0 Å². The molecule has 2 aliphatic rings. The molecule has 0 aromatic rings. The van der Waals surface area contributed by atoms with Gasteiger partial charge in [-0.1, -0.05) is 6.08 Å². The lowest BCUT2D eigenvalue weighted by molar-refractivity contribution is -0.122. The Labute approximate surface area is 116 Å². The molecule has 1 unspecified atom stereocenters. The molecule has 0 radical (unpaired) electrons. The van der Waals surface area contributed by atoms with Crippen molar-refractivity contribution in [1.29, 1.82) is 0 Å². The van der Waals surface area contributed by atoms with Crippen LogP contribution >= 0.6 is 0 Å². The van der Waals surface area contributed by atoms with Gasteiger partial charge in [-0.2, -0.15) is 0 Å². The van der Waals surface area contributed by atoms with Crippen LogP contribution in [0, 0.1) is 11.8 Å². The Morgan fingerprint density at radius 1 is 1.32 bits per heavy atom. The molecule has 0 saturated carbocycles. The van der Waals surface area contributed by atoms with E-state index in [0.29, 0.717) is 18.3 Å². The third kappa shape index (κ3) is 4.96. The van der Waals surface area contributed by atoms with Crippen LogP contribution in [0.25, 0.3) is 0 Å². The Bertz CT molecular complexity index is 300. The summed E-state index contributed by atoms with van der Waals surface area (Å²) in [7, 11) is 0. The van der Waals surface area contributed by atoms with Gasteiger partial charge < -0.3 is 10.6 Å². The largest absolute Gasteiger partial charge is 0.356 e. The second kappa shape index (κ2) is 7.65. The monoisotopic (exact) mass is 265 g/mol. The first-order chi connectivity index (χ1) is 9.28. The first-order valence-corrected chi connectivity index (χ1v) is 7.58. The fourth-order valence-electron chi connectivity index (χ4n) is 3.11. The smallest absolute Gasteiger partial charge is 0.220 e. The number of likely N-dealkylation sites (tertiary alicyclic amines) is 1. The van der Waals surface area contributed by atoms with Gasteiger partial charge in [0, 0.05) is 26.1 Å². The highest BCUT2D eigenvalue weighted by molar-refractivity contribution is 5.76. The van der Waals surface area contributed by atoms with Gasteiger partial charge in [-0.25, -0.2) is 0 Å². The summed E-state index contributed by atoms with van der Waals surface area (Å²) in [4.78, 5) is 14.3. The maximum Gasteiger partial charge on any atom is 0.220 e. The molecule has 2 heterocycles. The van der Waals surface area contributed by atoms with Crippen molar-refractivity contribution in [3.63, 3.8) is 0 Å². The Morgan fingerprint density at radius 2 is 2.11 bits per heavy atom. The molecule has 1 atom stereocenters. The fourth-order valence-corrected chi connectivity index (χ4v) is 3.11. The normalized spacial score (nSPS) is 25.4. The number of nitrogens with one attached hydrogen (secondary N) is 2. The Balaban J connectivity index is 1.59. The van der Waals surface area contributed by atoms with Crippen LogP contribution < -0.4 is 10.6 Å². The molecule has 19 heavy (non-hydrogen) atoms. The van der Waals surface area contributed by atoms with Crippen molar-refractivity contribution in [1.82, 2.24) is 15.5 Å². The highest BCUT2D eigenvalue weighted by Gasteiger charge is 2.22. The lowest BCUT2D eigenvalue weighted by Crippen LogP contribution is -2.34.